The predicted octanol–water partition coefficient (Wildman–Crippen LogP) is 1.13. The Morgan fingerprint density at radius 3 is 2.18 bits per heavy atom. The van der Waals surface area contributed by atoms with E-state index in [0.717, 1.165) is 0 Å². The average Bonchev–Trinajstić information content (AvgIpc) is 2.50. The standard InChI is InChI=1S/C16H19NO5/c1-11(18)22-16(12-5-3-2-4-6-12)15(21)9-13(19)7-8-14(20)10-17/h2-6,16H,7-10,17H2,1H3. The Bertz CT molecular complexity index is 553. The fraction of sp³-hybridized carbons (Fsp3) is 0.375. The van der Waals surface area contributed by atoms with Crippen molar-refractivity contribution >= 4 is 23.3 Å². The molecule has 0 aliphatic heterocycles. The van der Waals surface area contributed by atoms with Crippen LogP contribution in [0.3, 0.4) is 0 Å². The molecule has 6 heteroatoms. The summed E-state index contributed by atoms with van der Waals surface area (Å²) in [5, 5.41) is 0. The molecule has 0 amide bonds. The van der Waals surface area contributed by atoms with E-state index in [4.69, 9.17) is 10.5 Å². The third-order valence-corrected chi connectivity index (χ3v) is 2.96. The second kappa shape index (κ2) is 8.84. The number of Topliss-reactive ketones (excluding diaryl/α,β-unsaturated/α-hetero) is 3. The minimum absolute atomic E-state index is 0.0200. The molecule has 2 N–H and O–H groups in total. The quantitative estimate of drug-likeness (QED) is 0.542. The van der Waals surface area contributed by atoms with Crippen LogP contribution in [-0.2, 0) is 23.9 Å². The zero-order valence-corrected chi connectivity index (χ0v) is 12.4. The number of carbonyl (C=O) groups is 4. The molecule has 1 unspecified atom stereocenters. The molecule has 0 heterocycles. The summed E-state index contributed by atoms with van der Waals surface area (Å²) in [5.74, 6) is -1.72. The average molecular weight is 305 g/mol. The highest BCUT2D eigenvalue weighted by Crippen LogP contribution is 2.20. The van der Waals surface area contributed by atoms with Crippen LogP contribution in [-0.4, -0.2) is 29.9 Å². The van der Waals surface area contributed by atoms with Gasteiger partial charge in [0.05, 0.1) is 13.0 Å². The van der Waals surface area contributed by atoms with Crippen molar-refractivity contribution in [3.05, 3.63) is 35.9 Å². The summed E-state index contributed by atoms with van der Waals surface area (Å²) < 4.78 is 5.02. The van der Waals surface area contributed by atoms with Gasteiger partial charge >= 0.3 is 5.97 Å². The molecule has 22 heavy (non-hydrogen) atoms. The normalized spacial score (nSPS) is 11.5. The smallest absolute Gasteiger partial charge is 0.303 e. The number of nitrogens with two attached hydrogens (primary N) is 1. The van der Waals surface area contributed by atoms with Crippen LogP contribution >= 0.6 is 0 Å². The molecule has 0 saturated carbocycles. The molecule has 1 aromatic rings. The van der Waals surface area contributed by atoms with Gasteiger partial charge < -0.3 is 10.5 Å². The van der Waals surface area contributed by atoms with Crippen molar-refractivity contribution in [3.63, 3.8) is 0 Å². The molecule has 0 aliphatic rings. The topological polar surface area (TPSA) is 104 Å². The molecule has 0 saturated heterocycles. The van der Waals surface area contributed by atoms with Crippen LogP contribution in [0.15, 0.2) is 30.3 Å². The van der Waals surface area contributed by atoms with Crippen molar-refractivity contribution < 1.29 is 23.9 Å². The van der Waals surface area contributed by atoms with Crippen LogP contribution in [0, 0.1) is 0 Å². The van der Waals surface area contributed by atoms with Gasteiger partial charge in [0.15, 0.2) is 11.9 Å². The fourth-order valence-electron chi connectivity index (χ4n) is 1.87. The van der Waals surface area contributed by atoms with Crippen molar-refractivity contribution in [2.45, 2.75) is 32.3 Å². The first-order chi connectivity index (χ1) is 10.4. The van der Waals surface area contributed by atoms with Crippen LogP contribution < -0.4 is 5.73 Å². The highest BCUT2D eigenvalue weighted by molar-refractivity contribution is 6.02. The van der Waals surface area contributed by atoms with Gasteiger partial charge in [-0.3, -0.25) is 19.2 Å². The van der Waals surface area contributed by atoms with Gasteiger partial charge in [-0.2, -0.15) is 0 Å². The predicted molar refractivity (Wildman–Crippen MR) is 78.9 cm³/mol. The Hall–Kier alpha value is -2.34. The molecule has 0 bridgehead atoms. The molecule has 0 fully saturated rings. The third kappa shape index (κ3) is 5.97. The first-order valence-electron chi connectivity index (χ1n) is 6.92. The van der Waals surface area contributed by atoms with E-state index in [0.29, 0.717) is 5.56 Å². The Morgan fingerprint density at radius 1 is 1.05 bits per heavy atom. The van der Waals surface area contributed by atoms with Crippen LogP contribution in [0.25, 0.3) is 0 Å². The lowest BCUT2D eigenvalue weighted by Crippen LogP contribution is -2.22. The third-order valence-electron chi connectivity index (χ3n) is 2.96. The largest absolute Gasteiger partial charge is 0.450 e. The Balaban J connectivity index is 2.70. The highest BCUT2D eigenvalue weighted by atomic mass is 16.5. The molecule has 6 nitrogen and oxygen atoms in total. The monoisotopic (exact) mass is 305 g/mol. The van der Waals surface area contributed by atoms with E-state index < -0.39 is 17.9 Å². The van der Waals surface area contributed by atoms with Crippen LogP contribution in [0.4, 0.5) is 0 Å². The van der Waals surface area contributed by atoms with E-state index in [9.17, 15) is 19.2 Å². The summed E-state index contributed by atoms with van der Waals surface area (Å²) in [4.78, 5) is 46.2. The Labute approximate surface area is 128 Å². The highest BCUT2D eigenvalue weighted by Gasteiger charge is 2.25. The second-order valence-corrected chi connectivity index (χ2v) is 4.82. The number of hydrogen-bond acceptors (Lipinski definition) is 6. The summed E-state index contributed by atoms with van der Waals surface area (Å²) in [6.07, 6.45) is -1.51. The van der Waals surface area contributed by atoms with Gasteiger partial charge in [-0.15, -0.1) is 0 Å². The maximum atomic E-state index is 12.2. The molecule has 0 aromatic heterocycles. The molecular weight excluding hydrogens is 286 g/mol. The SMILES string of the molecule is CC(=O)OC(C(=O)CC(=O)CCC(=O)CN)c1ccccc1. The molecule has 0 spiro atoms. The van der Waals surface area contributed by atoms with Crippen molar-refractivity contribution in [1.29, 1.82) is 0 Å². The van der Waals surface area contributed by atoms with Crippen molar-refractivity contribution in [3.8, 4) is 0 Å². The van der Waals surface area contributed by atoms with Gasteiger partial charge in [0.2, 0.25) is 0 Å². The molecule has 1 atom stereocenters. The first kappa shape index (κ1) is 17.7. The van der Waals surface area contributed by atoms with Crippen LogP contribution in [0.5, 0.6) is 0 Å². The van der Waals surface area contributed by atoms with Gasteiger partial charge in [-0.05, 0) is 5.56 Å². The number of rotatable bonds is 9. The molecular formula is C16H19NO5. The Morgan fingerprint density at radius 2 is 1.64 bits per heavy atom. The summed E-state index contributed by atoms with van der Waals surface area (Å²) in [6, 6.07) is 8.48. The minimum atomic E-state index is -1.10. The molecule has 0 radical (unpaired) electrons. The van der Waals surface area contributed by atoms with E-state index in [-0.39, 0.29) is 37.4 Å². The van der Waals surface area contributed by atoms with Crippen molar-refractivity contribution in [2.24, 2.45) is 5.73 Å². The zero-order valence-electron chi connectivity index (χ0n) is 12.4. The lowest BCUT2D eigenvalue weighted by molar-refractivity contribution is -0.154. The number of hydrogen-bond donors (Lipinski definition) is 1. The number of ether oxygens (including phenoxy) is 1. The molecule has 1 aromatic carbocycles. The van der Waals surface area contributed by atoms with E-state index in [1.54, 1.807) is 30.3 Å². The number of esters is 1. The number of ketones is 3. The van der Waals surface area contributed by atoms with E-state index >= 15 is 0 Å². The summed E-state index contributed by atoms with van der Waals surface area (Å²) in [7, 11) is 0. The van der Waals surface area contributed by atoms with E-state index in [2.05, 4.69) is 0 Å². The molecule has 118 valence electrons. The lowest BCUT2D eigenvalue weighted by atomic mass is 10.00. The van der Waals surface area contributed by atoms with Crippen LogP contribution in [0.2, 0.25) is 0 Å². The van der Waals surface area contributed by atoms with E-state index in [1.165, 1.54) is 6.92 Å². The van der Waals surface area contributed by atoms with Crippen molar-refractivity contribution in [2.75, 3.05) is 6.54 Å². The first-order valence-corrected chi connectivity index (χ1v) is 6.92. The number of benzene rings is 1. The fourth-order valence-corrected chi connectivity index (χ4v) is 1.87. The van der Waals surface area contributed by atoms with Crippen molar-refractivity contribution in [1.82, 2.24) is 0 Å². The van der Waals surface area contributed by atoms with Gasteiger partial charge in [0, 0.05) is 19.8 Å². The van der Waals surface area contributed by atoms with Gasteiger partial charge in [0.25, 0.3) is 0 Å². The second-order valence-electron chi connectivity index (χ2n) is 4.82. The molecule has 1 rings (SSSR count). The van der Waals surface area contributed by atoms with Gasteiger partial charge in [-0.1, -0.05) is 30.3 Å². The van der Waals surface area contributed by atoms with Gasteiger partial charge in [0.1, 0.15) is 11.6 Å². The maximum absolute atomic E-state index is 12.2. The lowest BCUT2D eigenvalue weighted by Gasteiger charge is -2.15. The van der Waals surface area contributed by atoms with Gasteiger partial charge in [-0.25, -0.2) is 0 Å². The summed E-state index contributed by atoms with van der Waals surface area (Å²) >= 11 is 0. The summed E-state index contributed by atoms with van der Waals surface area (Å²) in [6.45, 7) is 1.08. The van der Waals surface area contributed by atoms with E-state index in [1.807, 2.05) is 0 Å². The summed E-state index contributed by atoms with van der Waals surface area (Å²) in [5.41, 5.74) is 5.66. The molecule has 0 aliphatic carbocycles. The Kier molecular flexibility index (Phi) is 7.12. The maximum Gasteiger partial charge on any atom is 0.303 e. The zero-order chi connectivity index (χ0) is 16.5. The van der Waals surface area contributed by atoms with Crippen LogP contribution in [0.1, 0.15) is 37.9 Å². The number of carbonyl (C=O) groups excluding carboxylic acids is 4. The minimum Gasteiger partial charge on any atom is -0.450 e.